The molecule has 2 aromatic rings. The van der Waals surface area contributed by atoms with Gasteiger partial charge in [-0.1, -0.05) is 42.5 Å². The summed E-state index contributed by atoms with van der Waals surface area (Å²) in [5.41, 5.74) is 4.27. The highest BCUT2D eigenvalue weighted by molar-refractivity contribution is 6.22. The van der Waals surface area contributed by atoms with Gasteiger partial charge in [0.2, 0.25) is 5.91 Å². The monoisotopic (exact) mass is 285 g/mol. The predicted molar refractivity (Wildman–Crippen MR) is 82.1 cm³/mol. The summed E-state index contributed by atoms with van der Waals surface area (Å²) in [4.78, 5) is 11.5. The van der Waals surface area contributed by atoms with Gasteiger partial charge in [-0.05, 0) is 35.6 Å². The van der Waals surface area contributed by atoms with Gasteiger partial charge in [0.05, 0.1) is 5.38 Å². The van der Waals surface area contributed by atoms with Gasteiger partial charge in [0.1, 0.15) is 0 Å². The number of aryl methyl sites for hydroxylation is 1. The lowest BCUT2D eigenvalue weighted by atomic mass is 9.99. The van der Waals surface area contributed by atoms with Crippen LogP contribution in [0.25, 0.3) is 0 Å². The van der Waals surface area contributed by atoms with Crippen LogP contribution in [-0.4, -0.2) is 5.91 Å². The lowest BCUT2D eigenvalue weighted by Gasteiger charge is -2.14. The van der Waals surface area contributed by atoms with E-state index in [1.807, 2.05) is 42.5 Å². The Labute approximate surface area is 123 Å². The van der Waals surface area contributed by atoms with Crippen molar-refractivity contribution in [3.63, 3.8) is 0 Å². The van der Waals surface area contributed by atoms with E-state index in [0.29, 0.717) is 6.42 Å². The minimum absolute atomic E-state index is 0.0991. The van der Waals surface area contributed by atoms with Crippen LogP contribution in [0, 0.1) is 0 Å². The minimum atomic E-state index is -0.152. The van der Waals surface area contributed by atoms with E-state index in [-0.39, 0.29) is 11.3 Å². The Kier molecular flexibility index (Phi) is 3.75. The van der Waals surface area contributed by atoms with Crippen LogP contribution in [0.3, 0.4) is 0 Å². The molecule has 0 aromatic heterocycles. The molecule has 1 aliphatic heterocycles. The number of carbonyl (C=O) groups is 1. The highest BCUT2D eigenvalue weighted by Crippen LogP contribution is 2.32. The van der Waals surface area contributed by atoms with E-state index < -0.39 is 0 Å². The third-order valence-electron chi connectivity index (χ3n) is 3.64. The summed E-state index contributed by atoms with van der Waals surface area (Å²) in [6.45, 7) is 0. The fourth-order valence-electron chi connectivity index (χ4n) is 2.57. The maximum absolute atomic E-state index is 11.5. The highest BCUT2D eigenvalue weighted by Gasteiger charge is 2.16. The average Bonchev–Trinajstić information content (AvgIpc) is 2.67. The van der Waals surface area contributed by atoms with E-state index in [9.17, 15) is 4.79 Å². The first kappa shape index (κ1) is 13.2. The van der Waals surface area contributed by atoms with Gasteiger partial charge < -0.3 is 5.32 Å². The lowest BCUT2D eigenvalue weighted by Crippen LogP contribution is -2.09. The van der Waals surface area contributed by atoms with Gasteiger partial charge in [-0.2, -0.15) is 0 Å². The number of amides is 1. The molecule has 1 heterocycles. The number of alkyl halides is 1. The molecule has 0 saturated carbocycles. The molecule has 0 radical (unpaired) electrons. The Morgan fingerprint density at radius 2 is 1.80 bits per heavy atom. The van der Waals surface area contributed by atoms with E-state index in [1.54, 1.807) is 0 Å². The summed E-state index contributed by atoms with van der Waals surface area (Å²) in [7, 11) is 0. The molecule has 20 heavy (non-hydrogen) atoms. The van der Waals surface area contributed by atoms with Gasteiger partial charge in [0.25, 0.3) is 0 Å². The van der Waals surface area contributed by atoms with Gasteiger partial charge in [0.15, 0.2) is 0 Å². The second-order valence-electron chi connectivity index (χ2n) is 5.09. The second-order valence-corrected chi connectivity index (χ2v) is 5.53. The summed E-state index contributed by atoms with van der Waals surface area (Å²) in [5, 5.41) is 2.79. The van der Waals surface area contributed by atoms with E-state index in [1.165, 1.54) is 5.56 Å². The molecule has 1 atom stereocenters. The molecule has 0 saturated heterocycles. The van der Waals surface area contributed by atoms with Gasteiger partial charge in [0, 0.05) is 12.1 Å². The first-order valence-electron chi connectivity index (χ1n) is 6.86. The van der Waals surface area contributed by atoms with E-state index >= 15 is 0 Å². The first-order valence-corrected chi connectivity index (χ1v) is 7.29. The number of halogens is 1. The van der Waals surface area contributed by atoms with Crippen LogP contribution in [0.4, 0.5) is 5.69 Å². The van der Waals surface area contributed by atoms with Crippen molar-refractivity contribution in [2.24, 2.45) is 0 Å². The van der Waals surface area contributed by atoms with E-state index in [4.69, 9.17) is 11.6 Å². The number of rotatable bonds is 2. The number of fused-ring (bicyclic) bond motifs is 1. The topological polar surface area (TPSA) is 29.1 Å². The zero-order chi connectivity index (χ0) is 13.9. The Hall–Kier alpha value is -1.80. The molecule has 0 spiro atoms. The summed E-state index contributed by atoms with van der Waals surface area (Å²) in [6.07, 6.45) is 2.40. The SMILES string of the molecule is O=C1CCCc2cc(C(Cl)c3ccccc3)ccc2N1. The zero-order valence-corrected chi connectivity index (χ0v) is 11.9. The van der Waals surface area contributed by atoms with Crippen molar-refractivity contribution in [1.29, 1.82) is 0 Å². The quantitative estimate of drug-likeness (QED) is 0.820. The Balaban J connectivity index is 1.92. The summed E-state index contributed by atoms with van der Waals surface area (Å²) >= 11 is 6.56. The Bertz CT molecular complexity index is 624. The molecular weight excluding hydrogens is 270 g/mol. The standard InChI is InChI=1S/C17H16ClNO/c18-17(12-5-2-1-3-6-12)14-9-10-15-13(11-14)7-4-8-16(20)19-15/h1-3,5-6,9-11,17H,4,7-8H2,(H,19,20). The van der Waals surface area contributed by atoms with Crippen molar-refractivity contribution >= 4 is 23.2 Å². The molecular formula is C17H16ClNO. The molecule has 1 aliphatic rings. The van der Waals surface area contributed by atoms with E-state index in [2.05, 4.69) is 11.4 Å². The Morgan fingerprint density at radius 1 is 1.00 bits per heavy atom. The third-order valence-corrected chi connectivity index (χ3v) is 4.14. The molecule has 3 rings (SSSR count). The largest absolute Gasteiger partial charge is 0.326 e. The molecule has 102 valence electrons. The summed E-state index contributed by atoms with van der Waals surface area (Å²) in [6, 6.07) is 16.1. The van der Waals surface area contributed by atoms with Crippen molar-refractivity contribution in [3.05, 3.63) is 65.2 Å². The molecule has 0 fully saturated rings. The fraction of sp³-hybridized carbons (Fsp3) is 0.235. The van der Waals surface area contributed by atoms with Crippen molar-refractivity contribution in [2.45, 2.75) is 24.6 Å². The fourth-order valence-corrected chi connectivity index (χ4v) is 2.85. The van der Waals surface area contributed by atoms with Crippen LogP contribution in [0.2, 0.25) is 0 Å². The number of nitrogens with one attached hydrogen (secondary N) is 1. The third kappa shape index (κ3) is 2.70. The number of hydrogen-bond acceptors (Lipinski definition) is 1. The summed E-state index contributed by atoms with van der Waals surface area (Å²) < 4.78 is 0. The maximum atomic E-state index is 11.5. The number of hydrogen-bond donors (Lipinski definition) is 1. The van der Waals surface area contributed by atoms with Gasteiger partial charge in [-0.25, -0.2) is 0 Å². The van der Waals surface area contributed by atoms with Crippen molar-refractivity contribution in [3.8, 4) is 0 Å². The van der Waals surface area contributed by atoms with E-state index in [0.717, 1.165) is 29.7 Å². The van der Waals surface area contributed by atoms with Crippen LogP contribution in [0.1, 0.15) is 34.9 Å². The normalized spacial score (nSPS) is 15.9. The molecule has 0 aliphatic carbocycles. The molecule has 0 bridgehead atoms. The molecule has 3 heteroatoms. The van der Waals surface area contributed by atoms with Gasteiger partial charge in [-0.15, -0.1) is 11.6 Å². The zero-order valence-electron chi connectivity index (χ0n) is 11.1. The van der Waals surface area contributed by atoms with Crippen molar-refractivity contribution < 1.29 is 4.79 Å². The van der Waals surface area contributed by atoms with Crippen molar-refractivity contribution in [1.82, 2.24) is 0 Å². The smallest absolute Gasteiger partial charge is 0.224 e. The molecule has 1 unspecified atom stereocenters. The molecule has 1 amide bonds. The lowest BCUT2D eigenvalue weighted by molar-refractivity contribution is -0.116. The van der Waals surface area contributed by atoms with Crippen LogP contribution in [0.15, 0.2) is 48.5 Å². The van der Waals surface area contributed by atoms with Crippen LogP contribution in [0.5, 0.6) is 0 Å². The summed E-state index contributed by atoms with van der Waals surface area (Å²) in [5.74, 6) is 0.0991. The first-order chi connectivity index (χ1) is 9.74. The number of anilines is 1. The number of benzene rings is 2. The average molecular weight is 286 g/mol. The predicted octanol–water partition coefficient (Wildman–Crippen LogP) is 4.29. The highest BCUT2D eigenvalue weighted by atomic mass is 35.5. The second kappa shape index (κ2) is 5.68. The molecule has 2 nitrogen and oxygen atoms in total. The Morgan fingerprint density at radius 3 is 2.60 bits per heavy atom. The minimum Gasteiger partial charge on any atom is -0.326 e. The van der Waals surface area contributed by atoms with Crippen molar-refractivity contribution in [2.75, 3.05) is 5.32 Å². The van der Waals surface area contributed by atoms with Crippen LogP contribution < -0.4 is 5.32 Å². The van der Waals surface area contributed by atoms with Crippen LogP contribution in [-0.2, 0) is 11.2 Å². The molecule has 2 aromatic carbocycles. The van der Waals surface area contributed by atoms with Crippen LogP contribution >= 0.6 is 11.6 Å². The molecule has 1 N–H and O–H groups in total. The van der Waals surface area contributed by atoms with Gasteiger partial charge >= 0.3 is 0 Å². The van der Waals surface area contributed by atoms with Gasteiger partial charge in [-0.3, -0.25) is 4.79 Å². The number of carbonyl (C=O) groups excluding carboxylic acids is 1. The maximum Gasteiger partial charge on any atom is 0.224 e.